The van der Waals surface area contributed by atoms with E-state index >= 15 is 0 Å². The van der Waals surface area contributed by atoms with Gasteiger partial charge in [0, 0.05) is 7.05 Å². The Hall–Kier alpha value is -0.290. The summed E-state index contributed by atoms with van der Waals surface area (Å²) in [6.45, 7) is 0. The Labute approximate surface area is 70.3 Å². The first kappa shape index (κ1) is 8.80. The van der Waals surface area contributed by atoms with Crippen LogP contribution in [0.5, 0.6) is 0 Å². The van der Waals surface area contributed by atoms with E-state index in [1.54, 1.807) is 14.1 Å². The molecule has 0 bridgehead atoms. The summed E-state index contributed by atoms with van der Waals surface area (Å²) in [5, 5.41) is 18.9. The monoisotopic (exact) mass is 178 g/mol. The first-order chi connectivity index (χ1) is 5.04. The van der Waals surface area contributed by atoms with E-state index in [4.69, 9.17) is 11.6 Å². The summed E-state index contributed by atoms with van der Waals surface area (Å²) in [5.41, 5.74) is 0. The van der Waals surface area contributed by atoms with Crippen molar-refractivity contribution in [2.75, 3.05) is 14.1 Å². The van der Waals surface area contributed by atoms with Gasteiger partial charge in [-0.3, -0.25) is 0 Å². The lowest BCUT2D eigenvalue weighted by Crippen LogP contribution is -2.51. The Kier molecular flexibility index (Phi) is 2.39. The topological polar surface area (TPSA) is 46.9 Å². The fourth-order valence-electron chi connectivity index (χ4n) is 0.878. The molecule has 1 aliphatic rings. The van der Waals surface area contributed by atoms with Crippen molar-refractivity contribution in [3.63, 3.8) is 0 Å². The zero-order valence-corrected chi connectivity index (χ0v) is 7.15. The van der Waals surface area contributed by atoms with Gasteiger partial charge in [-0.1, -0.05) is 11.6 Å². The predicted molar refractivity (Wildman–Crippen MR) is 41.5 cm³/mol. The molecular weight excluding hydrogens is 168 g/mol. The SMILES string of the molecule is CN1C(Cl)=CC(O)N(C)C1O. The molecule has 4 nitrogen and oxygen atoms in total. The van der Waals surface area contributed by atoms with Gasteiger partial charge in [0.25, 0.3) is 0 Å². The van der Waals surface area contributed by atoms with E-state index in [1.807, 2.05) is 0 Å². The molecule has 64 valence electrons. The van der Waals surface area contributed by atoms with E-state index in [9.17, 15) is 10.2 Å². The molecule has 1 aliphatic heterocycles. The van der Waals surface area contributed by atoms with E-state index in [2.05, 4.69) is 0 Å². The average Bonchev–Trinajstić information content (AvgIpc) is 1.97. The molecule has 0 aromatic heterocycles. The maximum absolute atomic E-state index is 9.35. The minimum atomic E-state index is -0.859. The van der Waals surface area contributed by atoms with Gasteiger partial charge in [0.1, 0.15) is 11.4 Å². The van der Waals surface area contributed by atoms with Crippen LogP contribution in [-0.2, 0) is 0 Å². The number of rotatable bonds is 0. The van der Waals surface area contributed by atoms with Crippen LogP contribution < -0.4 is 0 Å². The summed E-state index contributed by atoms with van der Waals surface area (Å²) in [5.74, 6) is 0. The number of aliphatic hydroxyl groups is 2. The van der Waals surface area contributed by atoms with Gasteiger partial charge < -0.3 is 15.1 Å². The van der Waals surface area contributed by atoms with Crippen molar-refractivity contribution < 1.29 is 10.2 Å². The second-order valence-electron chi connectivity index (χ2n) is 2.53. The molecule has 0 aliphatic carbocycles. The maximum atomic E-state index is 9.35. The quantitative estimate of drug-likeness (QED) is 0.493. The van der Waals surface area contributed by atoms with Gasteiger partial charge >= 0.3 is 0 Å². The van der Waals surface area contributed by atoms with Crippen LogP contribution in [0.25, 0.3) is 0 Å². The highest BCUT2D eigenvalue weighted by Gasteiger charge is 2.27. The fourth-order valence-corrected chi connectivity index (χ4v) is 1.08. The molecule has 1 heterocycles. The Morgan fingerprint density at radius 1 is 1.45 bits per heavy atom. The number of aliphatic hydroxyl groups excluding tert-OH is 2. The van der Waals surface area contributed by atoms with Crippen molar-refractivity contribution in [2.45, 2.75) is 12.6 Å². The smallest absolute Gasteiger partial charge is 0.189 e. The molecule has 0 radical (unpaired) electrons. The Morgan fingerprint density at radius 3 is 2.55 bits per heavy atom. The second kappa shape index (κ2) is 2.98. The third kappa shape index (κ3) is 1.49. The molecule has 11 heavy (non-hydrogen) atoms. The Balaban J connectivity index is 2.83. The fraction of sp³-hybridized carbons (Fsp3) is 0.667. The largest absolute Gasteiger partial charge is 0.374 e. The number of hydrogen-bond donors (Lipinski definition) is 2. The van der Waals surface area contributed by atoms with Crippen LogP contribution in [0.3, 0.4) is 0 Å². The second-order valence-corrected chi connectivity index (χ2v) is 2.91. The number of nitrogens with zero attached hydrogens (tertiary/aromatic N) is 2. The Morgan fingerprint density at radius 2 is 2.00 bits per heavy atom. The van der Waals surface area contributed by atoms with Gasteiger partial charge in [-0.25, -0.2) is 4.90 Å². The summed E-state index contributed by atoms with van der Waals surface area (Å²) in [6, 6.07) is 0. The average molecular weight is 179 g/mol. The molecular formula is C6H11ClN2O2. The molecule has 0 aromatic carbocycles. The molecule has 0 aromatic rings. The first-order valence-electron chi connectivity index (χ1n) is 3.22. The van der Waals surface area contributed by atoms with Gasteiger partial charge in [-0.15, -0.1) is 0 Å². The van der Waals surface area contributed by atoms with Crippen LogP contribution in [0, 0.1) is 0 Å². The highest BCUT2D eigenvalue weighted by molar-refractivity contribution is 6.29. The van der Waals surface area contributed by atoms with Crippen LogP contribution in [0.1, 0.15) is 0 Å². The molecule has 5 heteroatoms. The van der Waals surface area contributed by atoms with Crippen molar-refractivity contribution in [3.8, 4) is 0 Å². The lowest BCUT2D eigenvalue weighted by molar-refractivity contribution is -0.136. The first-order valence-corrected chi connectivity index (χ1v) is 3.60. The number of hydrogen-bond acceptors (Lipinski definition) is 4. The number of likely N-dealkylation sites (N-methyl/N-ethyl adjacent to an activating group) is 1. The lowest BCUT2D eigenvalue weighted by atomic mass is 10.4. The number of halogens is 1. The van der Waals surface area contributed by atoms with Crippen LogP contribution in [0.15, 0.2) is 11.2 Å². The standard InChI is InChI=1S/C6H11ClN2O2/c1-8-4(7)3-5(10)9(2)6(8)11/h3,5-6,10-11H,1-2H3. The van der Waals surface area contributed by atoms with E-state index < -0.39 is 12.6 Å². The van der Waals surface area contributed by atoms with E-state index in [-0.39, 0.29) is 0 Å². The van der Waals surface area contributed by atoms with E-state index in [0.29, 0.717) is 5.16 Å². The minimum Gasteiger partial charge on any atom is -0.374 e. The maximum Gasteiger partial charge on any atom is 0.189 e. The van der Waals surface area contributed by atoms with Crippen molar-refractivity contribution in [1.29, 1.82) is 0 Å². The van der Waals surface area contributed by atoms with E-state index in [0.717, 1.165) is 0 Å². The lowest BCUT2D eigenvalue weighted by Gasteiger charge is -2.38. The third-order valence-corrected chi connectivity index (χ3v) is 2.14. The Bertz CT molecular complexity index is 185. The van der Waals surface area contributed by atoms with Gasteiger partial charge in [0.15, 0.2) is 6.35 Å². The molecule has 0 spiro atoms. The summed E-state index contributed by atoms with van der Waals surface area (Å²) in [6.07, 6.45) is -0.218. The summed E-state index contributed by atoms with van der Waals surface area (Å²) in [4.78, 5) is 2.83. The molecule has 0 saturated heterocycles. The predicted octanol–water partition coefficient (Wildman–Crippen LogP) is -0.462. The third-order valence-electron chi connectivity index (χ3n) is 1.75. The van der Waals surface area contributed by atoms with Gasteiger partial charge in [-0.05, 0) is 13.1 Å². The van der Waals surface area contributed by atoms with Gasteiger partial charge in [0.05, 0.1) is 0 Å². The highest BCUT2D eigenvalue weighted by atomic mass is 35.5. The molecule has 2 unspecified atom stereocenters. The minimum absolute atomic E-state index is 0.350. The van der Waals surface area contributed by atoms with Crippen molar-refractivity contribution >= 4 is 11.6 Å². The van der Waals surface area contributed by atoms with Gasteiger partial charge in [-0.2, -0.15) is 0 Å². The molecule has 0 saturated carbocycles. The van der Waals surface area contributed by atoms with Crippen LogP contribution in [-0.4, -0.2) is 46.7 Å². The summed E-state index contributed by atoms with van der Waals surface area (Å²) >= 11 is 5.66. The van der Waals surface area contributed by atoms with Crippen LogP contribution >= 0.6 is 11.6 Å². The zero-order chi connectivity index (χ0) is 8.59. The summed E-state index contributed by atoms with van der Waals surface area (Å²) < 4.78 is 0. The van der Waals surface area contributed by atoms with Crippen LogP contribution in [0.2, 0.25) is 0 Å². The molecule has 1 rings (SSSR count). The van der Waals surface area contributed by atoms with E-state index in [1.165, 1.54) is 15.9 Å². The molecule has 0 amide bonds. The zero-order valence-electron chi connectivity index (χ0n) is 6.40. The summed E-state index contributed by atoms with van der Waals surface area (Å²) in [7, 11) is 3.25. The molecule has 2 atom stereocenters. The van der Waals surface area contributed by atoms with Gasteiger partial charge in [0.2, 0.25) is 0 Å². The molecule has 0 fully saturated rings. The molecule has 2 N–H and O–H groups in total. The van der Waals surface area contributed by atoms with Crippen molar-refractivity contribution in [1.82, 2.24) is 9.80 Å². The van der Waals surface area contributed by atoms with Crippen molar-refractivity contribution in [3.05, 3.63) is 11.2 Å². The normalized spacial score (nSPS) is 33.9. The highest BCUT2D eigenvalue weighted by Crippen LogP contribution is 2.19. The van der Waals surface area contributed by atoms with Crippen molar-refractivity contribution in [2.24, 2.45) is 0 Å². The van der Waals surface area contributed by atoms with Crippen LogP contribution in [0.4, 0.5) is 0 Å².